The summed E-state index contributed by atoms with van der Waals surface area (Å²) in [4.78, 5) is 4.17. The summed E-state index contributed by atoms with van der Waals surface area (Å²) in [6, 6.07) is 27.0. The summed E-state index contributed by atoms with van der Waals surface area (Å²) in [7, 11) is 1.68. The van der Waals surface area contributed by atoms with Crippen LogP contribution in [0, 0.1) is 0 Å². The van der Waals surface area contributed by atoms with Crippen LogP contribution in [-0.4, -0.2) is 41.8 Å². The molecule has 4 aromatic rings. The summed E-state index contributed by atoms with van der Waals surface area (Å²) in [5.41, 5.74) is 4.77. The zero-order chi connectivity index (χ0) is 24.6. The van der Waals surface area contributed by atoms with Crippen LogP contribution >= 0.6 is 0 Å². The molecule has 0 radical (unpaired) electrons. The fraction of sp³-hybridized carbons (Fsp3) is 0.300. The SMILES string of the molecule is COc1ccc(CCC2(Cn3ccnc3)OCC(COCc3ccc(-c4ccccc4)cc3)O2)cc1. The first-order valence-corrected chi connectivity index (χ1v) is 12.3. The normalized spacial score (nSPS) is 19.4. The Kier molecular flexibility index (Phi) is 7.76. The molecule has 6 heteroatoms. The second-order valence-corrected chi connectivity index (χ2v) is 9.12. The molecule has 5 rings (SSSR count). The molecule has 186 valence electrons. The highest BCUT2D eigenvalue weighted by Gasteiger charge is 2.41. The second kappa shape index (κ2) is 11.5. The highest BCUT2D eigenvalue weighted by molar-refractivity contribution is 5.63. The van der Waals surface area contributed by atoms with Gasteiger partial charge in [0.15, 0.2) is 5.79 Å². The van der Waals surface area contributed by atoms with Crippen LogP contribution in [0.1, 0.15) is 17.5 Å². The van der Waals surface area contributed by atoms with Crippen molar-refractivity contribution < 1.29 is 18.9 Å². The third kappa shape index (κ3) is 6.21. The molecule has 2 atom stereocenters. The zero-order valence-corrected chi connectivity index (χ0v) is 20.6. The maximum absolute atomic E-state index is 6.48. The lowest BCUT2D eigenvalue weighted by Crippen LogP contribution is -2.37. The molecular weight excluding hydrogens is 452 g/mol. The summed E-state index contributed by atoms with van der Waals surface area (Å²) in [5, 5.41) is 0. The van der Waals surface area contributed by atoms with Crippen molar-refractivity contribution in [3.63, 3.8) is 0 Å². The topological polar surface area (TPSA) is 54.7 Å². The van der Waals surface area contributed by atoms with Crippen molar-refractivity contribution in [1.82, 2.24) is 9.55 Å². The fourth-order valence-corrected chi connectivity index (χ4v) is 4.51. The Hall–Kier alpha value is -3.45. The number of hydrogen-bond donors (Lipinski definition) is 0. The van der Waals surface area contributed by atoms with E-state index in [0.29, 0.717) is 26.4 Å². The monoisotopic (exact) mass is 484 g/mol. The average Bonchev–Trinajstić information content (AvgIpc) is 3.59. The van der Waals surface area contributed by atoms with Crippen LogP contribution in [0.4, 0.5) is 0 Å². The Balaban J connectivity index is 1.16. The quantitative estimate of drug-likeness (QED) is 0.281. The van der Waals surface area contributed by atoms with E-state index in [4.69, 9.17) is 18.9 Å². The lowest BCUT2D eigenvalue weighted by Gasteiger charge is -2.28. The summed E-state index contributed by atoms with van der Waals surface area (Å²) < 4.78 is 26.1. The van der Waals surface area contributed by atoms with Crippen molar-refractivity contribution in [3.8, 4) is 16.9 Å². The standard InChI is InChI=1S/C30H32N2O4/c1-33-28-13-9-24(10-14-28)15-16-30(22-32-18-17-31-23-32)35-21-29(36-30)20-34-19-25-7-11-27(12-8-25)26-5-3-2-4-6-26/h2-14,17-18,23,29H,15-16,19-22H2,1H3. The van der Waals surface area contributed by atoms with Gasteiger partial charge in [0.1, 0.15) is 11.9 Å². The lowest BCUT2D eigenvalue weighted by molar-refractivity contribution is -0.187. The van der Waals surface area contributed by atoms with Gasteiger partial charge in [-0.3, -0.25) is 0 Å². The van der Waals surface area contributed by atoms with E-state index >= 15 is 0 Å². The molecule has 1 saturated heterocycles. The molecule has 1 fully saturated rings. The molecular formula is C30H32N2O4. The van der Waals surface area contributed by atoms with Gasteiger partial charge in [-0.2, -0.15) is 0 Å². The summed E-state index contributed by atoms with van der Waals surface area (Å²) in [6.45, 7) is 2.11. The molecule has 0 aliphatic carbocycles. The van der Waals surface area contributed by atoms with E-state index in [9.17, 15) is 0 Å². The Morgan fingerprint density at radius 1 is 0.944 bits per heavy atom. The molecule has 0 N–H and O–H groups in total. The van der Waals surface area contributed by atoms with Crippen molar-refractivity contribution in [2.24, 2.45) is 0 Å². The minimum atomic E-state index is -0.716. The first-order valence-electron chi connectivity index (χ1n) is 12.3. The van der Waals surface area contributed by atoms with Crippen molar-refractivity contribution in [2.45, 2.75) is 37.9 Å². The highest BCUT2D eigenvalue weighted by Crippen LogP contribution is 2.31. The third-order valence-corrected chi connectivity index (χ3v) is 6.48. The van der Waals surface area contributed by atoms with Gasteiger partial charge in [-0.05, 0) is 40.8 Å². The van der Waals surface area contributed by atoms with Crippen molar-refractivity contribution in [2.75, 3.05) is 20.3 Å². The summed E-state index contributed by atoms with van der Waals surface area (Å²) >= 11 is 0. The number of nitrogens with zero attached hydrogens (tertiary/aromatic N) is 2. The number of imidazole rings is 1. The van der Waals surface area contributed by atoms with E-state index in [2.05, 4.69) is 65.6 Å². The molecule has 3 aromatic carbocycles. The number of rotatable bonds is 11. The van der Waals surface area contributed by atoms with Crippen LogP contribution in [0.2, 0.25) is 0 Å². The molecule has 0 amide bonds. The van der Waals surface area contributed by atoms with Crippen LogP contribution < -0.4 is 4.74 Å². The molecule has 6 nitrogen and oxygen atoms in total. The van der Waals surface area contributed by atoms with Crippen LogP contribution in [0.5, 0.6) is 5.75 Å². The third-order valence-electron chi connectivity index (χ3n) is 6.48. The Morgan fingerprint density at radius 3 is 2.42 bits per heavy atom. The average molecular weight is 485 g/mol. The number of methoxy groups -OCH3 is 1. The van der Waals surface area contributed by atoms with E-state index in [-0.39, 0.29) is 6.10 Å². The van der Waals surface area contributed by atoms with Gasteiger partial charge in [-0.15, -0.1) is 0 Å². The number of benzene rings is 3. The lowest BCUT2D eigenvalue weighted by atomic mass is 10.0. The van der Waals surface area contributed by atoms with Crippen LogP contribution in [0.15, 0.2) is 97.6 Å². The van der Waals surface area contributed by atoms with E-state index < -0.39 is 5.79 Å². The second-order valence-electron chi connectivity index (χ2n) is 9.12. The molecule has 0 saturated carbocycles. The number of aryl methyl sites for hydroxylation is 1. The van der Waals surface area contributed by atoms with Crippen LogP contribution in [-0.2, 0) is 33.8 Å². The molecule has 1 aliphatic rings. The van der Waals surface area contributed by atoms with Crippen molar-refractivity contribution in [3.05, 3.63) is 109 Å². The van der Waals surface area contributed by atoms with Gasteiger partial charge in [0.05, 0.1) is 39.8 Å². The molecule has 36 heavy (non-hydrogen) atoms. The fourth-order valence-electron chi connectivity index (χ4n) is 4.51. The van der Waals surface area contributed by atoms with E-state index in [1.807, 2.05) is 29.0 Å². The van der Waals surface area contributed by atoms with E-state index in [1.165, 1.54) is 16.7 Å². The maximum atomic E-state index is 6.48. The molecule has 1 aliphatic heterocycles. The maximum Gasteiger partial charge on any atom is 0.187 e. The Labute approximate surface area is 212 Å². The van der Waals surface area contributed by atoms with Crippen molar-refractivity contribution in [1.29, 1.82) is 0 Å². The van der Waals surface area contributed by atoms with Gasteiger partial charge in [0.25, 0.3) is 0 Å². The number of hydrogen-bond acceptors (Lipinski definition) is 5. The van der Waals surface area contributed by atoms with Crippen LogP contribution in [0.25, 0.3) is 11.1 Å². The molecule has 0 spiro atoms. The largest absolute Gasteiger partial charge is 0.497 e. The Bertz CT molecular complexity index is 1190. The van der Waals surface area contributed by atoms with Crippen LogP contribution in [0.3, 0.4) is 0 Å². The minimum absolute atomic E-state index is 0.118. The van der Waals surface area contributed by atoms with Crippen molar-refractivity contribution >= 4 is 0 Å². The minimum Gasteiger partial charge on any atom is -0.497 e. The molecule has 1 aromatic heterocycles. The molecule has 2 unspecified atom stereocenters. The summed E-state index contributed by atoms with van der Waals surface area (Å²) in [6.07, 6.45) is 6.95. The van der Waals surface area contributed by atoms with E-state index in [0.717, 1.165) is 24.2 Å². The molecule has 2 heterocycles. The number of aromatic nitrogens is 2. The highest BCUT2D eigenvalue weighted by atomic mass is 16.8. The zero-order valence-electron chi connectivity index (χ0n) is 20.6. The van der Waals surface area contributed by atoms with Gasteiger partial charge in [-0.25, -0.2) is 4.98 Å². The van der Waals surface area contributed by atoms with Gasteiger partial charge in [-0.1, -0.05) is 66.7 Å². The smallest absolute Gasteiger partial charge is 0.187 e. The van der Waals surface area contributed by atoms with Gasteiger partial charge in [0.2, 0.25) is 0 Å². The van der Waals surface area contributed by atoms with Gasteiger partial charge >= 0.3 is 0 Å². The summed E-state index contributed by atoms with van der Waals surface area (Å²) in [5.74, 6) is 0.138. The Morgan fingerprint density at radius 2 is 1.69 bits per heavy atom. The van der Waals surface area contributed by atoms with E-state index in [1.54, 1.807) is 19.6 Å². The number of ether oxygens (including phenoxy) is 4. The molecule has 0 bridgehead atoms. The predicted octanol–water partition coefficient (Wildman–Crippen LogP) is 5.52. The predicted molar refractivity (Wildman–Crippen MR) is 139 cm³/mol. The first kappa shape index (κ1) is 24.3. The first-order chi connectivity index (χ1) is 17.7. The van der Waals surface area contributed by atoms with Gasteiger partial charge in [0, 0.05) is 18.8 Å². The van der Waals surface area contributed by atoms with Gasteiger partial charge < -0.3 is 23.5 Å².